The molecule has 1 N–H and O–H groups in total. The first-order valence-electron chi connectivity index (χ1n) is 7.90. The van der Waals surface area contributed by atoms with Gasteiger partial charge in [-0.1, -0.05) is 0 Å². The molecule has 0 radical (unpaired) electrons. The number of ether oxygens (including phenoxy) is 2. The SMILES string of the molecule is O=C1NC(=O)c2cc(Oc3ccc(F)cc3)c(Oc3ccc(F)cc3)cc21. The van der Waals surface area contributed by atoms with Crippen LogP contribution in [-0.4, -0.2) is 11.8 Å². The molecular weight excluding hydrogens is 356 g/mol. The number of amides is 2. The molecule has 3 aromatic rings. The molecular formula is C20H11F2NO4. The molecule has 0 spiro atoms. The van der Waals surface area contributed by atoms with Crippen molar-refractivity contribution in [1.29, 1.82) is 0 Å². The number of hydrogen-bond donors (Lipinski definition) is 1. The average molecular weight is 367 g/mol. The lowest BCUT2D eigenvalue weighted by atomic mass is 10.1. The molecule has 0 aromatic heterocycles. The van der Waals surface area contributed by atoms with E-state index in [0.29, 0.717) is 11.5 Å². The van der Waals surface area contributed by atoms with E-state index in [4.69, 9.17) is 9.47 Å². The molecule has 2 amide bonds. The summed E-state index contributed by atoms with van der Waals surface area (Å²) in [7, 11) is 0. The third kappa shape index (κ3) is 3.35. The molecule has 1 heterocycles. The molecule has 134 valence electrons. The van der Waals surface area contributed by atoms with Crippen LogP contribution in [0.1, 0.15) is 20.7 Å². The zero-order valence-corrected chi connectivity index (χ0v) is 13.7. The van der Waals surface area contributed by atoms with Gasteiger partial charge in [-0.15, -0.1) is 0 Å². The molecule has 0 atom stereocenters. The van der Waals surface area contributed by atoms with E-state index in [1.165, 1.54) is 60.7 Å². The predicted molar refractivity (Wildman–Crippen MR) is 91.2 cm³/mol. The van der Waals surface area contributed by atoms with E-state index in [0.717, 1.165) is 0 Å². The molecule has 1 aliphatic heterocycles. The largest absolute Gasteiger partial charge is 0.453 e. The van der Waals surface area contributed by atoms with Crippen LogP contribution in [0.15, 0.2) is 60.7 Å². The summed E-state index contributed by atoms with van der Waals surface area (Å²) in [5.74, 6) is -1.04. The van der Waals surface area contributed by atoms with Crippen molar-refractivity contribution in [2.24, 2.45) is 0 Å². The summed E-state index contributed by atoms with van der Waals surface area (Å²) >= 11 is 0. The van der Waals surface area contributed by atoms with Crippen molar-refractivity contribution in [3.05, 3.63) is 83.4 Å². The first-order chi connectivity index (χ1) is 13.0. The fourth-order valence-corrected chi connectivity index (χ4v) is 2.59. The molecule has 1 aliphatic rings. The smallest absolute Gasteiger partial charge is 0.259 e. The molecule has 0 unspecified atom stereocenters. The van der Waals surface area contributed by atoms with E-state index < -0.39 is 23.4 Å². The van der Waals surface area contributed by atoms with Crippen LogP contribution in [0, 0.1) is 11.6 Å². The van der Waals surface area contributed by atoms with E-state index >= 15 is 0 Å². The van der Waals surface area contributed by atoms with Gasteiger partial charge in [0.25, 0.3) is 11.8 Å². The van der Waals surface area contributed by atoms with Crippen molar-refractivity contribution in [1.82, 2.24) is 5.32 Å². The van der Waals surface area contributed by atoms with Crippen molar-refractivity contribution in [2.75, 3.05) is 0 Å². The van der Waals surface area contributed by atoms with Crippen molar-refractivity contribution < 1.29 is 27.8 Å². The Morgan fingerprint density at radius 2 is 1.00 bits per heavy atom. The van der Waals surface area contributed by atoms with E-state index in [9.17, 15) is 18.4 Å². The van der Waals surface area contributed by atoms with Crippen molar-refractivity contribution >= 4 is 11.8 Å². The summed E-state index contributed by atoms with van der Waals surface area (Å²) in [6.45, 7) is 0. The zero-order valence-electron chi connectivity index (χ0n) is 13.7. The normalized spacial score (nSPS) is 12.5. The minimum atomic E-state index is -0.549. The van der Waals surface area contributed by atoms with E-state index in [1.807, 2.05) is 0 Å². The highest BCUT2D eigenvalue weighted by Gasteiger charge is 2.29. The van der Waals surface area contributed by atoms with Gasteiger partial charge >= 0.3 is 0 Å². The highest BCUT2D eigenvalue weighted by atomic mass is 19.1. The minimum absolute atomic E-state index is 0.142. The monoisotopic (exact) mass is 367 g/mol. The fraction of sp³-hybridized carbons (Fsp3) is 0. The van der Waals surface area contributed by atoms with Gasteiger partial charge in [0.2, 0.25) is 0 Å². The van der Waals surface area contributed by atoms with Crippen LogP contribution in [0.4, 0.5) is 8.78 Å². The Morgan fingerprint density at radius 3 is 1.37 bits per heavy atom. The second-order valence-electron chi connectivity index (χ2n) is 5.74. The summed E-state index contributed by atoms with van der Waals surface area (Å²) in [5.41, 5.74) is 0.284. The molecule has 27 heavy (non-hydrogen) atoms. The molecule has 5 nitrogen and oxygen atoms in total. The number of halogens is 2. The highest BCUT2D eigenvalue weighted by molar-refractivity contribution is 6.21. The molecule has 0 aliphatic carbocycles. The number of carbonyl (C=O) groups is 2. The van der Waals surface area contributed by atoms with Gasteiger partial charge in [0.15, 0.2) is 11.5 Å². The predicted octanol–water partition coefficient (Wildman–Crippen LogP) is 4.43. The van der Waals surface area contributed by atoms with Gasteiger partial charge in [-0.2, -0.15) is 0 Å². The van der Waals surface area contributed by atoms with Crippen LogP contribution >= 0.6 is 0 Å². The van der Waals surface area contributed by atoms with Gasteiger partial charge in [-0.05, 0) is 60.7 Å². The average Bonchev–Trinajstić information content (AvgIpc) is 2.92. The number of imide groups is 1. The number of benzene rings is 3. The molecule has 3 aromatic carbocycles. The number of carbonyl (C=O) groups excluding carboxylic acids is 2. The standard InChI is InChI=1S/C20H11F2NO4/c21-11-1-5-13(6-2-11)26-17-9-15-16(20(25)23-19(15)24)10-18(17)27-14-7-3-12(22)4-8-14/h1-10H,(H,23,24,25). The van der Waals surface area contributed by atoms with Crippen LogP contribution in [0.25, 0.3) is 0 Å². The third-order valence-corrected chi connectivity index (χ3v) is 3.88. The first kappa shape index (κ1) is 16.7. The van der Waals surface area contributed by atoms with Crippen LogP contribution in [0.3, 0.4) is 0 Å². The molecule has 0 bridgehead atoms. The Hall–Kier alpha value is -3.74. The van der Waals surface area contributed by atoms with Gasteiger partial charge in [0, 0.05) is 0 Å². The first-order valence-corrected chi connectivity index (χ1v) is 7.90. The Balaban J connectivity index is 1.76. The quantitative estimate of drug-likeness (QED) is 0.693. The van der Waals surface area contributed by atoms with Crippen LogP contribution in [-0.2, 0) is 0 Å². The summed E-state index contributed by atoms with van der Waals surface area (Å²) in [6.07, 6.45) is 0. The summed E-state index contributed by atoms with van der Waals surface area (Å²) < 4.78 is 37.6. The Kier molecular flexibility index (Phi) is 4.04. The van der Waals surface area contributed by atoms with E-state index in [2.05, 4.69) is 5.32 Å². The summed E-state index contributed by atoms with van der Waals surface area (Å²) in [6, 6.07) is 13.3. The minimum Gasteiger partial charge on any atom is -0.453 e. The van der Waals surface area contributed by atoms with Gasteiger partial charge in [-0.25, -0.2) is 8.78 Å². The molecule has 0 saturated carbocycles. The van der Waals surface area contributed by atoms with Gasteiger partial charge in [-0.3, -0.25) is 14.9 Å². The van der Waals surface area contributed by atoms with Crippen LogP contribution in [0.5, 0.6) is 23.0 Å². The second-order valence-corrected chi connectivity index (χ2v) is 5.74. The molecule has 4 rings (SSSR count). The van der Waals surface area contributed by atoms with Crippen LogP contribution in [0.2, 0.25) is 0 Å². The maximum absolute atomic E-state index is 13.1. The number of rotatable bonds is 4. The number of hydrogen-bond acceptors (Lipinski definition) is 4. The lowest BCUT2D eigenvalue weighted by Gasteiger charge is -2.13. The van der Waals surface area contributed by atoms with Crippen molar-refractivity contribution in [2.45, 2.75) is 0 Å². The fourth-order valence-electron chi connectivity index (χ4n) is 2.59. The zero-order chi connectivity index (χ0) is 19.0. The second kappa shape index (κ2) is 6.53. The van der Waals surface area contributed by atoms with Crippen molar-refractivity contribution in [3.63, 3.8) is 0 Å². The van der Waals surface area contributed by atoms with E-state index in [-0.39, 0.29) is 22.6 Å². The molecule has 0 fully saturated rings. The van der Waals surface area contributed by atoms with Gasteiger partial charge < -0.3 is 9.47 Å². The van der Waals surface area contributed by atoms with E-state index in [1.54, 1.807) is 0 Å². The van der Waals surface area contributed by atoms with Gasteiger partial charge in [0.05, 0.1) is 11.1 Å². The number of nitrogens with one attached hydrogen (secondary N) is 1. The maximum atomic E-state index is 13.1. The summed E-state index contributed by atoms with van der Waals surface area (Å²) in [4.78, 5) is 23.8. The lowest BCUT2D eigenvalue weighted by molar-refractivity contribution is 0.0879. The molecule has 0 saturated heterocycles. The molecule has 7 heteroatoms. The third-order valence-electron chi connectivity index (χ3n) is 3.88. The highest BCUT2D eigenvalue weighted by Crippen LogP contribution is 2.38. The Labute approximate surface area is 152 Å². The Bertz CT molecular complexity index is 962. The summed E-state index contributed by atoms with van der Waals surface area (Å²) in [5, 5.41) is 2.19. The number of fused-ring (bicyclic) bond motifs is 1. The topological polar surface area (TPSA) is 64.6 Å². The lowest BCUT2D eigenvalue weighted by Crippen LogP contribution is -2.19. The van der Waals surface area contributed by atoms with Gasteiger partial charge in [0.1, 0.15) is 23.1 Å². The Morgan fingerprint density at radius 1 is 0.630 bits per heavy atom. The van der Waals surface area contributed by atoms with Crippen LogP contribution < -0.4 is 14.8 Å². The maximum Gasteiger partial charge on any atom is 0.259 e. The van der Waals surface area contributed by atoms with Crippen molar-refractivity contribution in [3.8, 4) is 23.0 Å².